The van der Waals surface area contributed by atoms with Gasteiger partial charge in [0.15, 0.2) is 0 Å². The number of benzene rings is 1. The van der Waals surface area contributed by atoms with Crippen LogP contribution in [0.4, 0.5) is 11.5 Å². The number of piperidine rings is 1. The molecule has 2 heterocycles. The first-order chi connectivity index (χ1) is 13.9. The fourth-order valence-electron chi connectivity index (χ4n) is 4.43. The highest BCUT2D eigenvalue weighted by Gasteiger charge is 2.47. The summed E-state index contributed by atoms with van der Waals surface area (Å²) in [6.07, 6.45) is 3.82. The number of hydrogen-bond acceptors (Lipinski definition) is 4. The average Bonchev–Trinajstić information content (AvgIpc) is 3.39. The predicted octanol–water partition coefficient (Wildman–Crippen LogP) is 2.97. The number of fused-ring (bicyclic) bond motifs is 2. The van der Waals surface area contributed by atoms with Crippen molar-refractivity contribution < 1.29 is 4.79 Å². The standard InChI is InChI=1S/C20H24Cl2N6O/c1-24-20(15-2-3-25-19(15)23)27-16-4-11-5-17(16)28(10-11)18(29)9-26-14-7-12(21)6-13(22)8-14/h2-3,6-8,11,16-17,25-26H,4-5,9-10,23H2,1H3,(H,24,27). The van der Waals surface area contributed by atoms with Crippen LogP contribution in [0.25, 0.3) is 0 Å². The second-order valence-corrected chi connectivity index (χ2v) is 8.46. The molecule has 154 valence electrons. The summed E-state index contributed by atoms with van der Waals surface area (Å²) in [5.41, 5.74) is 7.58. The first-order valence-electron chi connectivity index (χ1n) is 9.60. The van der Waals surface area contributed by atoms with Crippen molar-refractivity contribution >= 4 is 46.4 Å². The molecule has 1 aliphatic carbocycles. The monoisotopic (exact) mass is 434 g/mol. The number of carbonyl (C=O) groups is 1. The Labute approximate surface area is 179 Å². The summed E-state index contributed by atoms with van der Waals surface area (Å²) in [6.45, 7) is 0.997. The van der Waals surface area contributed by atoms with E-state index in [1.807, 2.05) is 11.0 Å². The lowest BCUT2D eigenvalue weighted by Crippen LogP contribution is -2.53. The lowest BCUT2D eigenvalue weighted by Gasteiger charge is -2.34. The van der Waals surface area contributed by atoms with Crippen LogP contribution in [0, 0.1) is 5.92 Å². The summed E-state index contributed by atoms with van der Waals surface area (Å²) in [5, 5.41) is 7.72. The van der Waals surface area contributed by atoms with Crippen LogP contribution in [0.3, 0.4) is 0 Å². The number of rotatable bonds is 5. The molecule has 29 heavy (non-hydrogen) atoms. The SMILES string of the molecule is CN=C(NC1CC2CC1N(C(=O)CNc1cc(Cl)cc(Cl)c1)C2)c1cc[nH]c1N. The number of aromatic amines is 1. The van der Waals surface area contributed by atoms with Crippen LogP contribution >= 0.6 is 23.2 Å². The quantitative estimate of drug-likeness (QED) is 0.429. The second kappa shape index (κ2) is 8.16. The van der Waals surface area contributed by atoms with Crippen molar-refractivity contribution in [2.45, 2.75) is 24.9 Å². The third kappa shape index (κ3) is 4.16. The van der Waals surface area contributed by atoms with E-state index in [9.17, 15) is 4.79 Å². The Morgan fingerprint density at radius 3 is 2.69 bits per heavy atom. The predicted molar refractivity (Wildman–Crippen MR) is 118 cm³/mol. The molecule has 2 bridgehead atoms. The van der Waals surface area contributed by atoms with E-state index in [2.05, 4.69) is 20.6 Å². The van der Waals surface area contributed by atoms with Gasteiger partial charge in [0, 0.05) is 41.6 Å². The summed E-state index contributed by atoms with van der Waals surface area (Å²) in [7, 11) is 1.74. The molecule has 1 saturated carbocycles. The van der Waals surface area contributed by atoms with Gasteiger partial charge >= 0.3 is 0 Å². The summed E-state index contributed by atoms with van der Waals surface area (Å²) < 4.78 is 0. The molecule has 5 N–H and O–H groups in total. The molecule has 2 aromatic rings. The molecule has 3 atom stereocenters. The molecular formula is C20H24Cl2N6O. The second-order valence-electron chi connectivity index (χ2n) is 7.59. The highest BCUT2D eigenvalue weighted by Crippen LogP contribution is 2.38. The van der Waals surface area contributed by atoms with Gasteiger partial charge in [0.2, 0.25) is 5.91 Å². The largest absolute Gasteiger partial charge is 0.385 e. The van der Waals surface area contributed by atoms with Gasteiger partial charge in [0.05, 0.1) is 18.2 Å². The van der Waals surface area contributed by atoms with Crippen molar-refractivity contribution in [2.75, 3.05) is 31.2 Å². The summed E-state index contributed by atoms with van der Waals surface area (Å²) >= 11 is 12.1. The zero-order chi connectivity index (χ0) is 20.5. The number of amidine groups is 1. The van der Waals surface area contributed by atoms with Crippen molar-refractivity contribution in [1.29, 1.82) is 0 Å². The normalized spacial score (nSPS) is 23.5. The molecule has 0 radical (unpaired) electrons. The molecule has 9 heteroatoms. The Hall–Kier alpha value is -2.38. The van der Waals surface area contributed by atoms with E-state index in [1.54, 1.807) is 31.4 Å². The third-order valence-electron chi connectivity index (χ3n) is 5.69. The highest BCUT2D eigenvalue weighted by atomic mass is 35.5. The maximum absolute atomic E-state index is 12.9. The van der Waals surface area contributed by atoms with E-state index in [0.717, 1.165) is 36.5 Å². The van der Waals surface area contributed by atoms with E-state index in [1.165, 1.54) is 0 Å². The molecule has 2 fully saturated rings. The fraction of sp³-hybridized carbons (Fsp3) is 0.400. The molecule has 7 nitrogen and oxygen atoms in total. The number of nitrogens with two attached hydrogens (primary N) is 1. The number of nitrogen functional groups attached to an aromatic ring is 1. The Morgan fingerprint density at radius 1 is 1.31 bits per heavy atom. The van der Waals surface area contributed by atoms with Crippen molar-refractivity contribution in [1.82, 2.24) is 15.2 Å². The maximum Gasteiger partial charge on any atom is 0.242 e. The average molecular weight is 435 g/mol. The summed E-state index contributed by atoms with van der Waals surface area (Å²) in [4.78, 5) is 22.2. The minimum Gasteiger partial charge on any atom is -0.385 e. The number of aromatic nitrogens is 1. The Balaban J connectivity index is 1.39. The number of likely N-dealkylation sites (tertiary alicyclic amines) is 1. The number of carbonyl (C=O) groups excluding carboxylic acids is 1. The van der Waals surface area contributed by atoms with Crippen LogP contribution in [-0.2, 0) is 4.79 Å². The number of H-pyrrole nitrogens is 1. The summed E-state index contributed by atoms with van der Waals surface area (Å²) in [6, 6.07) is 7.39. The van der Waals surface area contributed by atoms with Crippen molar-refractivity contribution in [2.24, 2.45) is 10.9 Å². The van der Waals surface area contributed by atoms with Crippen LogP contribution < -0.4 is 16.4 Å². The van der Waals surface area contributed by atoms with Crippen LogP contribution in [0.1, 0.15) is 18.4 Å². The topological polar surface area (TPSA) is 98.5 Å². The van der Waals surface area contributed by atoms with Gasteiger partial charge in [-0.1, -0.05) is 23.2 Å². The van der Waals surface area contributed by atoms with Crippen LogP contribution in [0.2, 0.25) is 10.0 Å². The molecule has 0 spiro atoms. The number of aliphatic imine (C=N–C) groups is 1. The smallest absolute Gasteiger partial charge is 0.242 e. The lowest BCUT2D eigenvalue weighted by atomic mass is 10.0. The molecular weight excluding hydrogens is 411 g/mol. The van der Waals surface area contributed by atoms with Crippen LogP contribution in [0.5, 0.6) is 0 Å². The van der Waals surface area contributed by atoms with Gasteiger partial charge in [-0.15, -0.1) is 0 Å². The number of nitrogens with one attached hydrogen (secondary N) is 3. The van der Waals surface area contributed by atoms with Gasteiger partial charge in [0.1, 0.15) is 11.7 Å². The Kier molecular flexibility index (Phi) is 5.61. The molecule has 1 aromatic carbocycles. The first-order valence-corrected chi connectivity index (χ1v) is 10.4. The number of amides is 1. The number of halogens is 2. The zero-order valence-corrected chi connectivity index (χ0v) is 17.6. The minimum atomic E-state index is 0.0660. The van der Waals surface area contributed by atoms with E-state index in [4.69, 9.17) is 28.9 Å². The van der Waals surface area contributed by atoms with E-state index in [0.29, 0.717) is 21.8 Å². The first kappa shape index (κ1) is 19.9. The minimum absolute atomic E-state index is 0.0660. The molecule has 1 amide bonds. The lowest BCUT2D eigenvalue weighted by molar-refractivity contribution is -0.131. The summed E-state index contributed by atoms with van der Waals surface area (Å²) in [5.74, 6) is 1.90. The fourth-order valence-corrected chi connectivity index (χ4v) is 4.96. The molecule has 1 aromatic heterocycles. The molecule has 2 aliphatic rings. The van der Waals surface area contributed by atoms with Crippen molar-refractivity contribution in [3.05, 3.63) is 46.1 Å². The third-order valence-corrected chi connectivity index (χ3v) is 6.12. The number of hydrogen-bond donors (Lipinski definition) is 4. The van der Waals surface area contributed by atoms with E-state index < -0.39 is 0 Å². The van der Waals surface area contributed by atoms with Crippen molar-refractivity contribution in [3.63, 3.8) is 0 Å². The van der Waals surface area contributed by atoms with Gasteiger partial charge in [-0.2, -0.15) is 0 Å². The zero-order valence-electron chi connectivity index (χ0n) is 16.1. The molecule has 1 aliphatic heterocycles. The van der Waals surface area contributed by atoms with Gasteiger partial charge < -0.3 is 26.3 Å². The molecule has 1 saturated heterocycles. The van der Waals surface area contributed by atoms with Gasteiger partial charge in [0.25, 0.3) is 0 Å². The van der Waals surface area contributed by atoms with Gasteiger partial charge in [-0.05, 0) is 43.0 Å². The highest BCUT2D eigenvalue weighted by molar-refractivity contribution is 6.35. The Morgan fingerprint density at radius 2 is 2.07 bits per heavy atom. The number of nitrogens with zero attached hydrogens (tertiary/aromatic N) is 2. The molecule has 3 unspecified atom stereocenters. The van der Waals surface area contributed by atoms with E-state index >= 15 is 0 Å². The van der Waals surface area contributed by atoms with Gasteiger partial charge in [-0.25, -0.2) is 0 Å². The maximum atomic E-state index is 12.9. The Bertz CT molecular complexity index is 923. The van der Waals surface area contributed by atoms with Crippen LogP contribution in [-0.4, -0.2) is 53.8 Å². The molecule has 4 rings (SSSR count). The number of anilines is 2. The van der Waals surface area contributed by atoms with Crippen molar-refractivity contribution in [3.8, 4) is 0 Å². The van der Waals surface area contributed by atoms with Gasteiger partial charge in [-0.3, -0.25) is 9.79 Å². The van der Waals surface area contributed by atoms with Crippen LogP contribution in [0.15, 0.2) is 35.5 Å². The van der Waals surface area contributed by atoms with E-state index in [-0.39, 0.29) is 24.5 Å².